The van der Waals surface area contributed by atoms with Gasteiger partial charge in [0.2, 0.25) is 5.82 Å². The van der Waals surface area contributed by atoms with Gasteiger partial charge in [-0.05, 0) is 38.0 Å². The van der Waals surface area contributed by atoms with Crippen molar-refractivity contribution in [3.05, 3.63) is 24.0 Å². The Hall–Kier alpha value is -1.76. The highest BCUT2D eigenvalue weighted by molar-refractivity contribution is 5.80. The fraction of sp³-hybridized carbons (Fsp3) is 0.500. The van der Waals surface area contributed by atoms with Crippen molar-refractivity contribution in [2.75, 3.05) is 18.9 Å². The van der Waals surface area contributed by atoms with Crippen molar-refractivity contribution >= 4 is 16.7 Å². The zero-order chi connectivity index (χ0) is 15.3. The number of halogens is 3. The second-order valence-corrected chi connectivity index (χ2v) is 5.67. The highest BCUT2D eigenvalue weighted by Gasteiger charge is 2.43. The molecule has 0 radical (unpaired) electrons. The summed E-state index contributed by atoms with van der Waals surface area (Å²) in [6.45, 7) is 2.60. The Labute approximate surface area is 119 Å². The van der Waals surface area contributed by atoms with Crippen LogP contribution in [0.15, 0.2) is 18.2 Å². The van der Waals surface area contributed by atoms with Gasteiger partial charge in [0.25, 0.3) is 0 Å². The largest absolute Gasteiger partial charge is 0.449 e. The van der Waals surface area contributed by atoms with E-state index in [0.29, 0.717) is 24.2 Å². The molecule has 1 aliphatic heterocycles. The van der Waals surface area contributed by atoms with Gasteiger partial charge in [-0.3, -0.25) is 0 Å². The maximum atomic E-state index is 13.4. The molecule has 0 saturated carbocycles. The minimum absolute atomic E-state index is 0.242. The first-order chi connectivity index (χ1) is 9.81. The number of hydrogen-bond donors (Lipinski definition) is 1. The molecule has 0 amide bonds. The van der Waals surface area contributed by atoms with Crippen LogP contribution in [0.2, 0.25) is 0 Å². The van der Waals surface area contributed by atoms with Crippen LogP contribution in [0.25, 0.3) is 11.0 Å². The van der Waals surface area contributed by atoms with Crippen LogP contribution in [0.5, 0.6) is 0 Å². The minimum Gasteiger partial charge on any atom is -0.399 e. The molecule has 0 bridgehead atoms. The summed E-state index contributed by atoms with van der Waals surface area (Å²) in [7, 11) is 0. The van der Waals surface area contributed by atoms with Crippen LogP contribution in [0.4, 0.5) is 18.9 Å². The van der Waals surface area contributed by atoms with Gasteiger partial charge in [-0.1, -0.05) is 0 Å². The lowest BCUT2D eigenvalue weighted by Gasteiger charge is -2.36. The normalized spacial score (nSPS) is 23.6. The minimum atomic E-state index is -4.52. The van der Waals surface area contributed by atoms with Gasteiger partial charge in [-0.15, -0.1) is 0 Å². The summed E-state index contributed by atoms with van der Waals surface area (Å²) < 4.78 is 46.7. The van der Waals surface area contributed by atoms with Crippen molar-refractivity contribution in [1.82, 2.24) is 9.55 Å². The first-order valence-corrected chi connectivity index (χ1v) is 6.75. The quantitative estimate of drug-likeness (QED) is 0.823. The summed E-state index contributed by atoms with van der Waals surface area (Å²) in [6.07, 6.45) is -3.18. The Balaban J connectivity index is 2.27. The maximum Gasteiger partial charge on any atom is 0.449 e. The standard InChI is InChI=1S/C14H16F3N3O/c1-13(5-2-6-21-8-13)20-11-4-3-9(18)7-10(11)19-12(20)14(15,16)17/h3-4,7H,2,5-6,8,18H2,1H3. The molecule has 0 spiro atoms. The van der Waals surface area contributed by atoms with Gasteiger partial charge >= 0.3 is 6.18 Å². The Bertz CT molecular complexity index is 672. The van der Waals surface area contributed by atoms with E-state index in [4.69, 9.17) is 10.5 Å². The number of fused-ring (bicyclic) bond motifs is 1. The van der Waals surface area contributed by atoms with Crippen molar-refractivity contribution < 1.29 is 17.9 Å². The molecule has 1 aromatic carbocycles. The number of alkyl halides is 3. The Morgan fingerprint density at radius 3 is 2.76 bits per heavy atom. The molecule has 1 unspecified atom stereocenters. The van der Waals surface area contributed by atoms with Gasteiger partial charge in [0.15, 0.2) is 0 Å². The SMILES string of the molecule is CC1(n2c(C(F)(F)F)nc3cc(N)ccc32)CCCOC1. The predicted molar refractivity (Wildman–Crippen MR) is 72.8 cm³/mol. The number of nitrogens with two attached hydrogens (primary N) is 1. The topological polar surface area (TPSA) is 53.1 Å². The molecular formula is C14H16F3N3O. The van der Waals surface area contributed by atoms with Gasteiger partial charge in [0.05, 0.1) is 23.2 Å². The summed E-state index contributed by atoms with van der Waals surface area (Å²) in [5, 5.41) is 0. The molecule has 3 rings (SSSR count). The van der Waals surface area contributed by atoms with E-state index in [1.54, 1.807) is 19.1 Å². The van der Waals surface area contributed by atoms with Crippen molar-refractivity contribution in [1.29, 1.82) is 0 Å². The molecule has 2 heterocycles. The van der Waals surface area contributed by atoms with E-state index >= 15 is 0 Å². The third-order valence-corrected chi connectivity index (χ3v) is 3.89. The fourth-order valence-corrected chi connectivity index (χ4v) is 2.93. The average molecular weight is 299 g/mol. The summed E-state index contributed by atoms with van der Waals surface area (Å²) >= 11 is 0. The molecule has 1 aliphatic rings. The highest BCUT2D eigenvalue weighted by Crippen LogP contribution is 2.39. The van der Waals surface area contributed by atoms with Crippen molar-refractivity contribution in [2.24, 2.45) is 0 Å². The molecule has 1 fully saturated rings. The van der Waals surface area contributed by atoms with Gasteiger partial charge < -0.3 is 15.0 Å². The summed E-state index contributed by atoms with van der Waals surface area (Å²) in [5.41, 5.74) is 5.98. The fourth-order valence-electron chi connectivity index (χ4n) is 2.93. The molecule has 4 nitrogen and oxygen atoms in total. The number of imidazole rings is 1. The molecule has 2 N–H and O–H groups in total. The van der Waals surface area contributed by atoms with Crippen LogP contribution in [-0.2, 0) is 16.5 Å². The number of anilines is 1. The zero-order valence-corrected chi connectivity index (χ0v) is 11.6. The zero-order valence-electron chi connectivity index (χ0n) is 11.6. The van der Waals surface area contributed by atoms with E-state index in [-0.39, 0.29) is 12.1 Å². The number of ether oxygens (including phenoxy) is 1. The van der Waals surface area contributed by atoms with E-state index in [1.165, 1.54) is 10.6 Å². The monoisotopic (exact) mass is 299 g/mol. The van der Waals surface area contributed by atoms with Crippen molar-refractivity contribution in [3.8, 4) is 0 Å². The van der Waals surface area contributed by atoms with Gasteiger partial charge in [-0.25, -0.2) is 4.98 Å². The van der Waals surface area contributed by atoms with Crippen molar-refractivity contribution in [3.63, 3.8) is 0 Å². The van der Waals surface area contributed by atoms with E-state index in [1.807, 2.05) is 0 Å². The molecule has 0 aliphatic carbocycles. The van der Waals surface area contributed by atoms with Crippen LogP contribution in [-0.4, -0.2) is 22.8 Å². The molecule has 2 aromatic rings. The molecule has 114 valence electrons. The van der Waals surface area contributed by atoms with Crippen LogP contribution in [0.3, 0.4) is 0 Å². The molecular weight excluding hydrogens is 283 g/mol. The lowest BCUT2D eigenvalue weighted by molar-refractivity contribution is -0.150. The van der Waals surface area contributed by atoms with Gasteiger partial charge in [0, 0.05) is 12.3 Å². The first-order valence-electron chi connectivity index (χ1n) is 6.75. The van der Waals surface area contributed by atoms with Crippen LogP contribution < -0.4 is 5.73 Å². The average Bonchev–Trinajstić information content (AvgIpc) is 2.78. The smallest absolute Gasteiger partial charge is 0.399 e. The number of nitrogen functional groups attached to an aromatic ring is 1. The van der Waals surface area contributed by atoms with Crippen LogP contribution in [0, 0.1) is 0 Å². The van der Waals surface area contributed by atoms with E-state index in [2.05, 4.69) is 4.98 Å². The maximum absolute atomic E-state index is 13.4. The van der Waals surface area contributed by atoms with Gasteiger partial charge in [0.1, 0.15) is 0 Å². The number of hydrogen-bond acceptors (Lipinski definition) is 3. The third-order valence-electron chi connectivity index (χ3n) is 3.89. The molecule has 21 heavy (non-hydrogen) atoms. The van der Waals surface area contributed by atoms with Gasteiger partial charge in [-0.2, -0.15) is 13.2 Å². The molecule has 1 atom stereocenters. The second kappa shape index (κ2) is 4.62. The third kappa shape index (κ3) is 2.35. The number of benzene rings is 1. The summed E-state index contributed by atoms with van der Waals surface area (Å²) in [5.74, 6) is -0.893. The second-order valence-electron chi connectivity index (χ2n) is 5.67. The lowest BCUT2D eigenvalue weighted by Crippen LogP contribution is -2.41. The first kappa shape index (κ1) is 14.2. The molecule has 1 saturated heterocycles. The number of rotatable bonds is 1. The number of aromatic nitrogens is 2. The molecule has 1 aromatic heterocycles. The van der Waals surface area contributed by atoms with E-state index in [0.717, 1.165) is 6.42 Å². The van der Waals surface area contributed by atoms with Crippen LogP contribution >= 0.6 is 0 Å². The number of nitrogens with zero attached hydrogens (tertiary/aromatic N) is 2. The van der Waals surface area contributed by atoms with E-state index in [9.17, 15) is 13.2 Å². The lowest BCUT2D eigenvalue weighted by atomic mass is 9.94. The summed E-state index contributed by atoms with van der Waals surface area (Å²) in [4.78, 5) is 3.77. The summed E-state index contributed by atoms with van der Waals surface area (Å²) in [6, 6.07) is 4.65. The Morgan fingerprint density at radius 2 is 2.14 bits per heavy atom. The van der Waals surface area contributed by atoms with Crippen molar-refractivity contribution in [2.45, 2.75) is 31.5 Å². The molecule has 7 heteroatoms. The highest BCUT2D eigenvalue weighted by atomic mass is 19.4. The Morgan fingerprint density at radius 1 is 1.38 bits per heavy atom. The van der Waals surface area contributed by atoms with Crippen LogP contribution in [0.1, 0.15) is 25.6 Å². The van der Waals surface area contributed by atoms with E-state index < -0.39 is 17.5 Å². The Kier molecular flexibility index (Phi) is 3.12. The predicted octanol–water partition coefficient (Wildman–Crippen LogP) is 3.16.